The zero-order valence-electron chi connectivity index (χ0n) is 12.9. The summed E-state index contributed by atoms with van der Waals surface area (Å²) in [5.41, 5.74) is 2.53. The van der Waals surface area contributed by atoms with Gasteiger partial charge >= 0.3 is 0 Å². The van der Waals surface area contributed by atoms with Crippen LogP contribution in [0.15, 0.2) is 24.3 Å². The first-order valence-corrected chi connectivity index (χ1v) is 8.88. The van der Waals surface area contributed by atoms with Crippen LogP contribution in [-0.2, 0) is 4.79 Å². The molecule has 2 saturated heterocycles. The minimum absolute atomic E-state index is 0.213. The highest BCUT2D eigenvalue weighted by molar-refractivity contribution is 8.00. The molecule has 2 heterocycles. The van der Waals surface area contributed by atoms with Crippen LogP contribution < -0.4 is 0 Å². The third kappa shape index (κ3) is 3.27. The Bertz CT molecular complexity index is 502. The zero-order valence-corrected chi connectivity index (χ0v) is 13.7. The van der Waals surface area contributed by atoms with Gasteiger partial charge in [-0.2, -0.15) is 0 Å². The fraction of sp³-hybridized carbons (Fsp3) is 0.588. The van der Waals surface area contributed by atoms with Crippen LogP contribution in [0.1, 0.15) is 35.8 Å². The summed E-state index contributed by atoms with van der Waals surface area (Å²) < 4.78 is 0. The van der Waals surface area contributed by atoms with Gasteiger partial charge in [0, 0.05) is 12.6 Å². The molecular weight excluding hydrogens is 280 g/mol. The lowest BCUT2D eigenvalue weighted by Crippen LogP contribution is -2.34. The molecule has 3 rings (SSSR count). The van der Waals surface area contributed by atoms with Crippen molar-refractivity contribution in [2.24, 2.45) is 0 Å². The van der Waals surface area contributed by atoms with Gasteiger partial charge in [0.15, 0.2) is 0 Å². The molecule has 2 unspecified atom stereocenters. The van der Waals surface area contributed by atoms with E-state index in [-0.39, 0.29) is 5.37 Å². The van der Waals surface area contributed by atoms with Crippen molar-refractivity contribution in [3.05, 3.63) is 35.4 Å². The van der Waals surface area contributed by atoms with Crippen molar-refractivity contribution in [1.29, 1.82) is 0 Å². The molecule has 0 radical (unpaired) electrons. The molecule has 4 heteroatoms. The average molecular weight is 304 g/mol. The summed E-state index contributed by atoms with van der Waals surface area (Å²) in [5.74, 6) is 0.921. The van der Waals surface area contributed by atoms with E-state index in [1.807, 2.05) is 0 Å². The molecule has 1 aromatic carbocycles. The molecular formula is C17H24N2OS. The van der Waals surface area contributed by atoms with Crippen molar-refractivity contribution in [3.8, 4) is 0 Å². The lowest BCUT2D eigenvalue weighted by Gasteiger charge is -2.27. The third-order valence-corrected chi connectivity index (χ3v) is 5.96. The highest BCUT2D eigenvalue weighted by Crippen LogP contribution is 2.39. The topological polar surface area (TPSA) is 23.6 Å². The number of hydrogen-bond acceptors (Lipinski definition) is 3. The van der Waals surface area contributed by atoms with Crippen LogP contribution >= 0.6 is 11.8 Å². The Balaban J connectivity index is 1.66. The van der Waals surface area contributed by atoms with E-state index in [1.165, 1.54) is 30.5 Å². The maximum Gasteiger partial charge on any atom is 0.233 e. The summed E-state index contributed by atoms with van der Waals surface area (Å²) >= 11 is 1.76. The number of nitrogens with zero attached hydrogens (tertiary/aromatic N) is 2. The fourth-order valence-electron chi connectivity index (χ4n) is 3.34. The summed E-state index contributed by atoms with van der Waals surface area (Å²) in [7, 11) is 2.20. The Kier molecular flexibility index (Phi) is 4.55. The molecule has 0 spiro atoms. The standard InChI is InChI=1S/C17H24N2OS/c1-13-5-7-14(8-6-13)17-19(16(20)12-21-17)11-9-15-4-3-10-18(15)2/h5-8,15,17H,3-4,9-12H2,1-2H3. The smallest absolute Gasteiger partial charge is 0.233 e. The molecule has 3 nitrogen and oxygen atoms in total. The Morgan fingerprint density at radius 3 is 2.71 bits per heavy atom. The Hall–Kier alpha value is -1.00. The quantitative estimate of drug-likeness (QED) is 0.854. The number of thioether (sulfide) groups is 1. The van der Waals surface area contributed by atoms with Gasteiger partial charge in [-0.1, -0.05) is 29.8 Å². The van der Waals surface area contributed by atoms with Crippen molar-refractivity contribution in [2.45, 2.75) is 37.6 Å². The molecule has 2 fully saturated rings. The molecule has 0 N–H and O–H groups in total. The maximum atomic E-state index is 12.2. The van der Waals surface area contributed by atoms with E-state index in [0.29, 0.717) is 17.7 Å². The molecule has 114 valence electrons. The first-order valence-electron chi connectivity index (χ1n) is 7.83. The molecule has 1 amide bonds. The number of carbonyl (C=O) groups is 1. The number of amides is 1. The van der Waals surface area contributed by atoms with Gasteiger partial charge in [0.05, 0.1) is 5.75 Å². The molecule has 2 atom stereocenters. The lowest BCUT2D eigenvalue weighted by molar-refractivity contribution is -0.128. The van der Waals surface area contributed by atoms with E-state index in [2.05, 4.69) is 48.0 Å². The van der Waals surface area contributed by atoms with E-state index < -0.39 is 0 Å². The highest BCUT2D eigenvalue weighted by Gasteiger charge is 2.33. The van der Waals surface area contributed by atoms with Crippen molar-refractivity contribution in [3.63, 3.8) is 0 Å². The minimum atomic E-state index is 0.213. The van der Waals surface area contributed by atoms with Gasteiger partial charge in [0.2, 0.25) is 5.91 Å². The van der Waals surface area contributed by atoms with Crippen molar-refractivity contribution in [1.82, 2.24) is 9.80 Å². The zero-order chi connectivity index (χ0) is 14.8. The van der Waals surface area contributed by atoms with Crippen molar-refractivity contribution < 1.29 is 4.79 Å². The predicted molar refractivity (Wildman–Crippen MR) is 88.4 cm³/mol. The van der Waals surface area contributed by atoms with Gasteiger partial charge in [0.25, 0.3) is 0 Å². The second kappa shape index (κ2) is 6.41. The Morgan fingerprint density at radius 2 is 2.05 bits per heavy atom. The number of rotatable bonds is 4. The predicted octanol–water partition coefficient (Wildman–Crippen LogP) is 3.05. The Labute approximate surface area is 131 Å². The number of benzene rings is 1. The molecule has 1 aromatic rings. The summed E-state index contributed by atoms with van der Waals surface area (Å²) in [6.45, 7) is 4.19. The van der Waals surface area contributed by atoms with Gasteiger partial charge in [0.1, 0.15) is 5.37 Å². The Morgan fingerprint density at radius 1 is 1.29 bits per heavy atom. The van der Waals surface area contributed by atoms with Gasteiger partial charge in [-0.15, -0.1) is 11.8 Å². The van der Waals surface area contributed by atoms with Crippen LogP contribution in [0.5, 0.6) is 0 Å². The van der Waals surface area contributed by atoms with E-state index >= 15 is 0 Å². The van der Waals surface area contributed by atoms with Gasteiger partial charge in [-0.25, -0.2) is 0 Å². The van der Waals surface area contributed by atoms with Crippen LogP contribution in [0.4, 0.5) is 0 Å². The number of aryl methyl sites for hydroxylation is 1. The summed E-state index contributed by atoms with van der Waals surface area (Å²) in [6.07, 6.45) is 3.68. The van der Waals surface area contributed by atoms with E-state index in [1.54, 1.807) is 11.8 Å². The highest BCUT2D eigenvalue weighted by atomic mass is 32.2. The number of likely N-dealkylation sites (tertiary alicyclic amines) is 1. The third-order valence-electron chi connectivity index (χ3n) is 4.71. The maximum absolute atomic E-state index is 12.2. The van der Waals surface area contributed by atoms with E-state index in [9.17, 15) is 4.79 Å². The van der Waals surface area contributed by atoms with E-state index in [0.717, 1.165) is 13.0 Å². The first-order chi connectivity index (χ1) is 10.1. The lowest BCUT2D eigenvalue weighted by atomic mass is 10.1. The SMILES string of the molecule is Cc1ccc(C2SCC(=O)N2CCC2CCCN2C)cc1. The van der Waals surface area contributed by atoms with Gasteiger partial charge in [-0.3, -0.25) is 4.79 Å². The molecule has 0 bridgehead atoms. The first kappa shape index (κ1) is 14.9. The molecule has 2 aliphatic rings. The molecule has 0 aromatic heterocycles. The van der Waals surface area contributed by atoms with Crippen molar-refractivity contribution >= 4 is 17.7 Å². The minimum Gasteiger partial charge on any atom is -0.326 e. The summed E-state index contributed by atoms with van der Waals surface area (Å²) in [4.78, 5) is 16.7. The van der Waals surface area contributed by atoms with Crippen LogP contribution in [0.2, 0.25) is 0 Å². The summed E-state index contributed by atoms with van der Waals surface area (Å²) in [5, 5.41) is 0.213. The molecule has 0 aliphatic carbocycles. The second-order valence-corrected chi connectivity index (χ2v) is 7.30. The van der Waals surface area contributed by atoms with Crippen LogP contribution in [0, 0.1) is 6.92 Å². The summed E-state index contributed by atoms with van der Waals surface area (Å²) in [6, 6.07) is 9.27. The fourth-order valence-corrected chi connectivity index (χ4v) is 4.55. The largest absolute Gasteiger partial charge is 0.326 e. The van der Waals surface area contributed by atoms with E-state index in [4.69, 9.17) is 0 Å². The molecule has 2 aliphatic heterocycles. The number of carbonyl (C=O) groups excluding carboxylic acids is 1. The number of hydrogen-bond donors (Lipinski definition) is 0. The molecule has 0 saturated carbocycles. The van der Waals surface area contributed by atoms with Crippen LogP contribution in [0.3, 0.4) is 0 Å². The van der Waals surface area contributed by atoms with Gasteiger partial charge in [-0.05, 0) is 45.3 Å². The average Bonchev–Trinajstić information content (AvgIpc) is 3.04. The molecule has 21 heavy (non-hydrogen) atoms. The van der Waals surface area contributed by atoms with Crippen LogP contribution in [0.25, 0.3) is 0 Å². The van der Waals surface area contributed by atoms with Gasteiger partial charge < -0.3 is 9.80 Å². The monoisotopic (exact) mass is 304 g/mol. The van der Waals surface area contributed by atoms with Crippen LogP contribution in [-0.4, -0.2) is 47.6 Å². The second-order valence-electron chi connectivity index (χ2n) is 6.23. The van der Waals surface area contributed by atoms with Crippen molar-refractivity contribution in [2.75, 3.05) is 25.9 Å². The normalized spacial score (nSPS) is 26.8.